The van der Waals surface area contributed by atoms with Crippen LogP contribution in [0.15, 0.2) is 73.1 Å². The van der Waals surface area contributed by atoms with E-state index in [2.05, 4.69) is 10.3 Å². The first-order chi connectivity index (χ1) is 14.9. The molecule has 1 heterocycles. The second kappa shape index (κ2) is 10.9. The van der Waals surface area contributed by atoms with Gasteiger partial charge in [-0.2, -0.15) is 0 Å². The summed E-state index contributed by atoms with van der Waals surface area (Å²) in [4.78, 5) is 31.6. The van der Waals surface area contributed by atoms with Gasteiger partial charge in [0.25, 0.3) is 0 Å². The molecule has 5 nitrogen and oxygen atoms in total. The van der Waals surface area contributed by atoms with Crippen LogP contribution < -0.4 is 5.32 Å². The molecule has 0 bridgehead atoms. The number of hydrogen-bond donors (Lipinski definition) is 1. The molecule has 0 aliphatic heterocycles. The first-order valence-corrected chi connectivity index (χ1v) is 10.6. The van der Waals surface area contributed by atoms with Crippen LogP contribution in [0.1, 0.15) is 23.6 Å². The maximum absolute atomic E-state index is 13.2. The molecular weight excluding hydrogens is 433 g/mol. The van der Waals surface area contributed by atoms with Gasteiger partial charge in [0.2, 0.25) is 11.8 Å². The minimum atomic E-state index is -0.660. The van der Waals surface area contributed by atoms with Gasteiger partial charge in [-0.3, -0.25) is 14.6 Å². The van der Waals surface area contributed by atoms with E-state index in [-0.39, 0.29) is 18.2 Å². The summed E-state index contributed by atoms with van der Waals surface area (Å²) in [7, 11) is 0. The molecule has 2 aromatic carbocycles. The minimum absolute atomic E-state index is 0.152. The lowest BCUT2D eigenvalue weighted by atomic mass is 10.1. The van der Waals surface area contributed by atoms with Crippen LogP contribution >= 0.6 is 23.2 Å². The van der Waals surface area contributed by atoms with E-state index >= 15 is 0 Å². The minimum Gasteiger partial charge on any atom is -0.350 e. The molecule has 1 aromatic heterocycles. The van der Waals surface area contributed by atoms with Crippen molar-refractivity contribution < 1.29 is 9.59 Å². The standard InChI is InChI=1S/C24H23Cl2N3O2/c1-17(24(31)28-15-20-3-2-12-27-14-20)29(16-19-6-10-22(26)11-7-19)23(30)13-18-4-8-21(25)9-5-18/h2-12,14,17H,13,15-16H2,1H3,(H,28,31). The summed E-state index contributed by atoms with van der Waals surface area (Å²) in [5.41, 5.74) is 2.61. The molecule has 0 aliphatic carbocycles. The highest BCUT2D eigenvalue weighted by Gasteiger charge is 2.26. The lowest BCUT2D eigenvalue weighted by molar-refractivity contribution is -0.140. The maximum atomic E-state index is 13.2. The normalized spacial score (nSPS) is 11.6. The second-order valence-corrected chi connectivity index (χ2v) is 8.08. The van der Waals surface area contributed by atoms with Crippen molar-refractivity contribution in [2.45, 2.75) is 32.5 Å². The van der Waals surface area contributed by atoms with E-state index in [1.165, 1.54) is 0 Å². The zero-order chi connectivity index (χ0) is 22.2. The number of aromatic nitrogens is 1. The molecule has 1 atom stereocenters. The van der Waals surface area contributed by atoms with E-state index in [4.69, 9.17) is 23.2 Å². The van der Waals surface area contributed by atoms with Crippen molar-refractivity contribution in [2.75, 3.05) is 0 Å². The van der Waals surface area contributed by atoms with Gasteiger partial charge < -0.3 is 10.2 Å². The highest BCUT2D eigenvalue weighted by atomic mass is 35.5. The Morgan fingerprint density at radius 1 is 0.935 bits per heavy atom. The van der Waals surface area contributed by atoms with Gasteiger partial charge in [-0.05, 0) is 53.9 Å². The number of nitrogens with zero attached hydrogens (tertiary/aromatic N) is 2. The smallest absolute Gasteiger partial charge is 0.242 e. The molecule has 3 aromatic rings. The number of nitrogens with one attached hydrogen (secondary N) is 1. The number of carbonyl (C=O) groups is 2. The van der Waals surface area contributed by atoms with Crippen LogP contribution in [0.2, 0.25) is 10.0 Å². The fourth-order valence-corrected chi connectivity index (χ4v) is 3.34. The van der Waals surface area contributed by atoms with Crippen molar-refractivity contribution in [2.24, 2.45) is 0 Å². The molecule has 0 saturated carbocycles. The Kier molecular flexibility index (Phi) is 8.04. The third kappa shape index (κ3) is 6.81. The van der Waals surface area contributed by atoms with Crippen LogP contribution in [0, 0.1) is 0 Å². The van der Waals surface area contributed by atoms with Crippen molar-refractivity contribution in [3.05, 3.63) is 99.8 Å². The molecule has 0 fully saturated rings. The van der Waals surface area contributed by atoms with Crippen LogP contribution in [-0.2, 0) is 29.1 Å². The third-order valence-electron chi connectivity index (χ3n) is 4.89. The molecule has 31 heavy (non-hydrogen) atoms. The Morgan fingerprint density at radius 3 is 2.13 bits per heavy atom. The van der Waals surface area contributed by atoms with Crippen molar-refractivity contribution in [3.8, 4) is 0 Å². The molecule has 2 amide bonds. The van der Waals surface area contributed by atoms with Crippen LogP contribution in [-0.4, -0.2) is 27.7 Å². The summed E-state index contributed by atoms with van der Waals surface area (Å²) < 4.78 is 0. The Bertz CT molecular complexity index is 1010. The second-order valence-electron chi connectivity index (χ2n) is 7.21. The summed E-state index contributed by atoms with van der Waals surface area (Å²) in [6.07, 6.45) is 3.55. The molecule has 1 unspecified atom stereocenters. The average Bonchev–Trinajstić information content (AvgIpc) is 2.78. The van der Waals surface area contributed by atoms with Crippen molar-refractivity contribution >= 4 is 35.0 Å². The first kappa shape index (κ1) is 22.8. The van der Waals surface area contributed by atoms with E-state index in [1.54, 1.807) is 48.5 Å². The number of pyridine rings is 1. The molecule has 1 N–H and O–H groups in total. The summed E-state index contributed by atoms with van der Waals surface area (Å²) in [5, 5.41) is 4.11. The predicted molar refractivity (Wildman–Crippen MR) is 123 cm³/mol. The number of carbonyl (C=O) groups excluding carboxylic acids is 2. The van der Waals surface area contributed by atoms with Crippen LogP contribution in [0.3, 0.4) is 0 Å². The molecule has 160 valence electrons. The summed E-state index contributed by atoms with van der Waals surface area (Å²) in [6, 6.07) is 17.4. The van der Waals surface area contributed by atoms with Gasteiger partial charge in [0.1, 0.15) is 6.04 Å². The molecule has 0 radical (unpaired) electrons. The lowest BCUT2D eigenvalue weighted by Crippen LogP contribution is -2.48. The molecule has 0 spiro atoms. The van der Waals surface area contributed by atoms with E-state index in [0.717, 1.165) is 16.7 Å². The number of rotatable bonds is 8. The third-order valence-corrected chi connectivity index (χ3v) is 5.40. The molecule has 3 rings (SSSR count). The highest BCUT2D eigenvalue weighted by molar-refractivity contribution is 6.30. The number of benzene rings is 2. The fraction of sp³-hybridized carbons (Fsp3) is 0.208. The van der Waals surface area contributed by atoms with E-state index in [0.29, 0.717) is 23.1 Å². The first-order valence-electron chi connectivity index (χ1n) is 9.87. The Morgan fingerprint density at radius 2 is 1.55 bits per heavy atom. The summed E-state index contributed by atoms with van der Waals surface area (Å²) >= 11 is 11.9. The van der Waals surface area contributed by atoms with Gasteiger partial charge >= 0.3 is 0 Å². The zero-order valence-electron chi connectivity index (χ0n) is 17.1. The zero-order valence-corrected chi connectivity index (χ0v) is 18.6. The fourth-order valence-electron chi connectivity index (χ4n) is 3.09. The van der Waals surface area contributed by atoms with E-state index < -0.39 is 6.04 Å². The highest BCUT2D eigenvalue weighted by Crippen LogP contribution is 2.16. The molecular formula is C24H23Cl2N3O2. The average molecular weight is 456 g/mol. The monoisotopic (exact) mass is 455 g/mol. The number of hydrogen-bond acceptors (Lipinski definition) is 3. The largest absolute Gasteiger partial charge is 0.350 e. The van der Waals surface area contributed by atoms with Gasteiger partial charge in [-0.25, -0.2) is 0 Å². The van der Waals surface area contributed by atoms with E-state index in [9.17, 15) is 9.59 Å². The lowest BCUT2D eigenvalue weighted by Gasteiger charge is -2.29. The van der Waals surface area contributed by atoms with Gasteiger partial charge in [-0.15, -0.1) is 0 Å². The predicted octanol–water partition coefficient (Wildman–Crippen LogP) is 4.66. The van der Waals surface area contributed by atoms with Gasteiger partial charge in [0.05, 0.1) is 6.42 Å². The molecule has 7 heteroatoms. The summed E-state index contributed by atoms with van der Waals surface area (Å²) in [6.45, 7) is 2.37. The van der Waals surface area contributed by atoms with Crippen LogP contribution in [0.4, 0.5) is 0 Å². The molecule has 0 saturated heterocycles. The Labute approximate surface area is 192 Å². The Hall–Kier alpha value is -2.89. The van der Waals surface area contributed by atoms with Crippen molar-refractivity contribution in [1.29, 1.82) is 0 Å². The topological polar surface area (TPSA) is 62.3 Å². The number of halogens is 2. The quantitative estimate of drug-likeness (QED) is 0.536. The van der Waals surface area contributed by atoms with Crippen LogP contribution in [0.5, 0.6) is 0 Å². The maximum Gasteiger partial charge on any atom is 0.242 e. The van der Waals surface area contributed by atoms with Gasteiger partial charge in [0.15, 0.2) is 0 Å². The van der Waals surface area contributed by atoms with Gasteiger partial charge in [0, 0.05) is 35.5 Å². The summed E-state index contributed by atoms with van der Waals surface area (Å²) in [5.74, 6) is -0.386. The van der Waals surface area contributed by atoms with E-state index in [1.807, 2.05) is 36.4 Å². The SMILES string of the molecule is CC(C(=O)NCc1cccnc1)N(Cc1ccc(Cl)cc1)C(=O)Cc1ccc(Cl)cc1. The van der Waals surface area contributed by atoms with Crippen molar-refractivity contribution in [1.82, 2.24) is 15.2 Å². The van der Waals surface area contributed by atoms with Gasteiger partial charge in [-0.1, -0.05) is 53.5 Å². The number of amides is 2. The van der Waals surface area contributed by atoms with Crippen LogP contribution in [0.25, 0.3) is 0 Å². The van der Waals surface area contributed by atoms with Crippen molar-refractivity contribution in [3.63, 3.8) is 0 Å². The molecule has 0 aliphatic rings. The Balaban J connectivity index is 1.74.